The molecule has 0 amide bonds. The molecule has 1 aliphatic carbocycles. The van der Waals surface area contributed by atoms with Gasteiger partial charge in [0.05, 0.1) is 4.90 Å². The van der Waals surface area contributed by atoms with Gasteiger partial charge in [-0.3, -0.25) is 0 Å². The maximum atomic E-state index is 12.6. The summed E-state index contributed by atoms with van der Waals surface area (Å²) in [6.45, 7) is 6.46. The second kappa shape index (κ2) is 4.80. The van der Waals surface area contributed by atoms with Crippen LogP contribution >= 0.6 is 0 Å². The van der Waals surface area contributed by atoms with E-state index in [2.05, 4.69) is 6.92 Å². The van der Waals surface area contributed by atoms with Gasteiger partial charge in [-0.2, -0.15) is 0 Å². The van der Waals surface area contributed by atoms with Crippen LogP contribution in [0.5, 0.6) is 0 Å². The van der Waals surface area contributed by atoms with Gasteiger partial charge in [-0.1, -0.05) is 6.92 Å². The molecule has 0 saturated heterocycles. The summed E-state index contributed by atoms with van der Waals surface area (Å²) in [6, 6.07) is 3.36. The maximum absolute atomic E-state index is 12.6. The fraction of sp³-hybridized carbons (Fsp3) is 0.571. The van der Waals surface area contributed by atoms with Crippen LogP contribution in [-0.2, 0) is 10.0 Å². The van der Waals surface area contributed by atoms with Gasteiger partial charge in [0.15, 0.2) is 0 Å². The second-order valence-electron chi connectivity index (χ2n) is 5.72. The molecule has 0 bridgehead atoms. The largest absolute Gasteiger partial charge is 0.399 e. The maximum Gasteiger partial charge on any atom is 0.243 e. The van der Waals surface area contributed by atoms with Crippen LogP contribution in [-0.4, -0.2) is 26.3 Å². The van der Waals surface area contributed by atoms with Gasteiger partial charge in [-0.25, -0.2) is 12.7 Å². The van der Waals surface area contributed by atoms with Crippen LogP contribution in [0.1, 0.15) is 24.5 Å². The normalized spacial score (nSPS) is 22.8. The van der Waals surface area contributed by atoms with Crippen molar-refractivity contribution in [1.29, 1.82) is 0 Å². The summed E-state index contributed by atoms with van der Waals surface area (Å²) < 4.78 is 26.7. The number of nitrogens with two attached hydrogens (primary N) is 1. The summed E-state index contributed by atoms with van der Waals surface area (Å²) in [6.07, 6.45) is 1.12. The van der Waals surface area contributed by atoms with E-state index >= 15 is 0 Å². The van der Waals surface area contributed by atoms with E-state index < -0.39 is 10.0 Å². The van der Waals surface area contributed by atoms with E-state index in [4.69, 9.17) is 5.73 Å². The quantitative estimate of drug-likeness (QED) is 0.861. The number of aryl methyl sites for hydroxylation is 1. The van der Waals surface area contributed by atoms with Crippen molar-refractivity contribution in [3.63, 3.8) is 0 Å². The fourth-order valence-electron chi connectivity index (χ4n) is 2.37. The number of hydrogen-bond acceptors (Lipinski definition) is 3. The molecule has 0 spiro atoms. The zero-order valence-corrected chi connectivity index (χ0v) is 12.8. The van der Waals surface area contributed by atoms with E-state index in [-0.39, 0.29) is 0 Å². The predicted molar refractivity (Wildman–Crippen MR) is 77.4 cm³/mol. The molecule has 1 aromatic carbocycles. The molecule has 1 aliphatic rings. The molecule has 0 aliphatic heterocycles. The topological polar surface area (TPSA) is 63.4 Å². The Labute approximate surface area is 115 Å². The van der Waals surface area contributed by atoms with Gasteiger partial charge in [0.1, 0.15) is 0 Å². The lowest BCUT2D eigenvalue weighted by molar-refractivity contribution is 0.444. The number of hydrogen-bond donors (Lipinski definition) is 1. The Morgan fingerprint density at radius 1 is 1.37 bits per heavy atom. The van der Waals surface area contributed by atoms with Crippen molar-refractivity contribution in [3.8, 4) is 0 Å². The summed E-state index contributed by atoms with van der Waals surface area (Å²) in [5.41, 5.74) is 7.96. The summed E-state index contributed by atoms with van der Waals surface area (Å²) in [5.74, 6) is 1.14. The zero-order valence-electron chi connectivity index (χ0n) is 12.0. The Morgan fingerprint density at radius 3 is 2.47 bits per heavy atom. The van der Waals surface area contributed by atoms with Gasteiger partial charge >= 0.3 is 0 Å². The minimum absolute atomic E-state index is 0.334. The predicted octanol–water partition coefficient (Wildman–Crippen LogP) is 2.16. The lowest BCUT2D eigenvalue weighted by Gasteiger charge is -2.19. The number of anilines is 1. The van der Waals surface area contributed by atoms with Gasteiger partial charge in [0.25, 0.3) is 0 Å². The molecule has 2 N–H and O–H groups in total. The van der Waals surface area contributed by atoms with Crippen molar-refractivity contribution in [2.45, 2.75) is 32.1 Å². The first-order valence-electron chi connectivity index (χ1n) is 6.56. The molecule has 2 atom stereocenters. The van der Waals surface area contributed by atoms with Crippen molar-refractivity contribution in [1.82, 2.24) is 4.31 Å². The highest BCUT2D eigenvalue weighted by Gasteiger charge is 2.36. The fourth-order valence-corrected chi connectivity index (χ4v) is 3.93. The molecule has 106 valence electrons. The Hall–Kier alpha value is -1.07. The highest BCUT2D eigenvalue weighted by Crippen LogP contribution is 2.39. The third-order valence-electron chi connectivity index (χ3n) is 4.10. The Bertz CT molecular complexity index is 596. The Kier molecular flexibility index (Phi) is 3.62. The lowest BCUT2D eigenvalue weighted by Crippen LogP contribution is -2.30. The number of nitrogen functional groups attached to an aromatic ring is 1. The van der Waals surface area contributed by atoms with Crippen LogP contribution in [0.25, 0.3) is 0 Å². The molecule has 19 heavy (non-hydrogen) atoms. The standard InChI is InChI=1S/C14H22N2O2S/c1-9-6-13(15)7-14(11(9)3)19(17,18)16(4)8-12-5-10(12)2/h6-7,10,12H,5,8,15H2,1-4H3. The lowest BCUT2D eigenvalue weighted by atomic mass is 10.1. The van der Waals surface area contributed by atoms with Crippen molar-refractivity contribution in [3.05, 3.63) is 23.3 Å². The summed E-state index contributed by atoms with van der Waals surface area (Å²) in [5, 5.41) is 0. The number of rotatable bonds is 4. The smallest absolute Gasteiger partial charge is 0.243 e. The Morgan fingerprint density at radius 2 is 1.95 bits per heavy atom. The molecule has 1 saturated carbocycles. The van der Waals surface area contributed by atoms with E-state index in [1.54, 1.807) is 19.2 Å². The van der Waals surface area contributed by atoms with Crippen molar-refractivity contribution in [2.24, 2.45) is 11.8 Å². The van der Waals surface area contributed by atoms with Crippen molar-refractivity contribution in [2.75, 3.05) is 19.3 Å². The molecule has 1 aromatic rings. The molecule has 2 rings (SSSR count). The average molecular weight is 282 g/mol. The molecule has 0 heterocycles. The van der Waals surface area contributed by atoms with E-state index in [0.717, 1.165) is 17.5 Å². The van der Waals surface area contributed by atoms with Crippen LogP contribution in [0.3, 0.4) is 0 Å². The van der Waals surface area contributed by atoms with Gasteiger partial charge in [0, 0.05) is 19.3 Å². The SMILES string of the molecule is Cc1cc(N)cc(S(=O)(=O)N(C)CC2CC2C)c1C. The second-order valence-corrected chi connectivity index (χ2v) is 7.73. The summed E-state index contributed by atoms with van der Waals surface area (Å²) in [7, 11) is -1.79. The number of nitrogens with zero attached hydrogens (tertiary/aromatic N) is 1. The van der Waals surface area contributed by atoms with Crippen LogP contribution < -0.4 is 5.73 Å². The molecule has 1 fully saturated rings. The number of sulfonamides is 1. The highest BCUT2D eigenvalue weighted by molar-refractivity contribution is 7.89. The van der Waals surface area contributed by atoms with Gasteiger partial charge in [-0.15, -0.1) is 0 Å². The van der Waals surface area contributed by atoms with Crippen LogP contribution in [0.15, 0.2) is 17.0 Å². The Balaban J connectivity index is 2.33. The minimum atomic E-state index is -3.44. The minimum Gasteiger partial charge on any atom is -0.399 e. The molecule has 0 aromatic heterocycles. The van der Waals surface area contributed by atoms with Crippen LogP contribution in [0, 0.1) is 25.7 Å². The average Bonchev–Trinajstić information content (AvgIpc) is 2.99. The summed E-state index contributed by atoms with van der Waals surface area (Å²) in [4.78, 5) is 0.334. The van der Waals surface area contributed by atoms with E-state index in [9.17, 15) is 8.42 Å². The monoisotopic (exact) mass is 282 g/mol. The molecule has 5 heteroatoms. The van der Waals surface area contributed by atoms with E-state index in [0.29, 0.717) is 29.0 Å². The first kappa shape index (κ1) is 14.3. The van der Waals surface area contributed by atoms with Gasteiger partial charge < -0.3 is 5.73 Å². The highest BCUT2D eigenvalue weighted by atomic mass is 32.2. The molecular formula is C14H22N2O2S. The number of benzene rings is 1. The third kappa shape index (κ3) is 2.77. The first-order chi connectivity index (χ1) is 8.73. The molecular weight excluding hydrogens is 260 g/mol. The molecule has 4 nitrogen and oxygen atoms in total. The van der Waals surface area contributed by atoms with Crippen molar-refractivity contribution >= 4 is 15.7 Å². The van der Waals surface area contributed by atoms with Crippen LogP contribution in [0.4, 0.5) is 5.69 Å². The van der Waals surface area contributed by atoms with E-state index in [1.165, 1.54) is 4.31 Å². The summed E-state index contributed by atoms with van der Waals surface area (Å²) >= 11 is 0. The van der Waals surface area contributed by atoms with Gasteiger partial charge in [0.2, 0.25) is 10.0 Å². The van der Waals surface area contributed by atoms with Crippen LogP contribution in [0.2, 0.25) is 0 Å². The van der Waals surface area contributed by atoms with Crippen molar-refractivity contribution < 1.29 is 8.42 Å². The zero-order chi connectivity index (χ0) is 14.4. The molecule has 0 radical (unpaired) electrons. The first-order valence-corrected chi connectivity index (χ1v) is 8.00. The third-order valence-corrected chi connectivity index (χ3v) is 6.05. The van der Waals surface area contributed by atoms with Gasteiger partial charge in [-0.05, 0) is 55.4 Å². The van der Waals surface area contributed by atoms with E-state index in [1.807, 2.05) is 13.8 Å². The molecule has 2 unspecified atom stereocenters.